The Bertz CT molecular complexity index is 593. The zero-order valence-corrected chi connectivity index (χ0v) is 13.1. The van der Waals surface area contributed by atoms with Gasteiger partial charge in [0.15, 0.2) is 11.6 Å². The van der Waals surface area contributed by atoms with Gasteiger partial charge in [0.1, 0.15) is 5.00 Å². The number of thioether (sulfide) groups is 1. The predicted octanol–water partition coefficient (Wildman–Crippen LogP) is 2.89. The molecular weight excluding hydrogens is 296 g/mol. The highest BCUT2D eigenvalue weighted by Crippen LogP contribution is 2.42. The fourth-order valence-electron chi connectivity index (χ4n) is 1.62. The molecule has 20 heavy (non-hydrogen) atoms. The summed E-state index contributed by atoms with van der Waals surface area (Å²) in [6, 6.07) is 0. The third kappa shape index (κ3) is 2.96. The molecule has 2 rings (SSSR count). The first-order valence-electron chi connectivity index (χ1n) is 6.04. The van der Waals surface area contributed by atoms with Gasteiger partial charge in [-0.3, -0.25) is 4.79 Å². The number of carbonyl (C=O) groups is 1. The van der Waals surface area contributed by atoms with Crippen LogP contribution in [0.15, 0.2) is 15.8 Å². The van der Waals surface area contributed by atoms with Crippen LogP contribution in [0.2, 0.25) is 0 Å². The van der Waals surface area contributed by atoms with E-state index in [1.165, 1.54) is 29.5 Å². The van der Waals surface area contributed by atoms with Gasteiger partial charge in [0, 0.05) is 5.92 Å². The lowest BCUT2D eigenvalue weighted by Gasteiger charge is -2.03. The zero-order valence-electron chi connectivity index (χ0n) is 11.5. The lowest BCUT2D eigenvalue weighted by Crippen LogP contribution is -2.07. The van der Waals surface area contributed by atoms with Crippen molar-refractivity contribution >= 4 is 39.6 Å². The average molecular weight is 312 g/mol. The highest BCUT2D eigenvalue weighted by atomic mass is 32.2. The Labute approximate surface area is 125 Å². The molecule has 0 aliphatic heterocycles. The van der Waals surface area contributed by atoms with Gasteiger partial charge in [0.25, 0.3) is 0 Å². The number of carbonyl (C=O) groups excluding carboxylic acids is 1. The van der Waals surface area contributed by atoms with Crippen LogP contribution in [-0.2, 0) is 6.54 Å². The lowest BCUT2D eigenvalue weighted by atomic mass is 10.1. The Morgan fingerprint density at radius 2 is 2.35 bits per heavy atom. The second kappa shape index (κ2) is 6.27. The third-order valence-corrected chi connectivity index (χ3v) is 4.81. The van der Waals surface area contributed by atoms with Crippen molar-refractivity contribution in [1.82, 2.24) is 10.1 Å². The minimum absolute atomic E-state index is 0.0652. The Balaban J connectivity index is 2.24. The molecule has 108 valence electrons. The van der Waals surface area contributed by atoms with Crippen LogP contribution >= 0.6 is 23.1 Å². The molecule has 0 radical (unpaired) electrons. The fraction of sp³-hybridized carbons (Fsp3) is 0.417. The normalized spacial score (nSPS) is 11.0. The molecule has 0 saturated heterocycles. The van der Waals surface area contributed by atoms with E-state index in [1.807, 2.05) is 20.1 Å². The lowest BCUT2D eigenvalue weighted by molar-refractivity contribution is 0.0944. The van der Waals surface area contributed by atoms with E-state index in [4.69, 9.17) is 5.73 Å². The maximum absolute atomic E-state index is 12.1. The van der Waals surface area contributed by atoms with E-state index in [2.05, 4.69) is 20.0 Å². The van der Waals surface area contributed by atoms with Crippen LogP contribution in [0.4, 0.5) is 10.7 Å². The van der Waals surface area contributed by atoms with Gasteiger partial charge < -0.3 is 15.6 Å². The second-order valence-electron chi connectivity index (χ2n) is 4.43. The summed E-state index contributed by atoms with van der Waals surface area (Å²) in [6.45, 7) is 4.17. The summed E-state index contributed by atoms with van der Waals surface area (Å²) >= 11 is 2.89. The van der Waals surface area contributed by atoms with E-state index in [0.29, 0.717) is 22.9 Å². The summed E-state index contributed by atoms with van der Waals surface area (Å²) in [5.74, 6) is 0.548. The van der Waals surface area contributed by atoms with Crippen LogP contribution in [0.1, 0.15) is 29.3 Å². The van der Waals surface area contributed by atoms with Gasteiger partial charge >= 0.3 is 0 Å². The van der Waals surface area contributed by atoms with Gasteiger partial charge in [0.05, 0.1) is 22.0 Å². The van der Waals surface area contributed by atoms with E-state index >= 15 is 0 Å². The molecule has 2 heterocycles. The van der Waals surface area contributed by atoms with E-state index in [9.17, 15) is 4.79 Å². The smallest absolute Gasteiger partial charge is 0.213 e. The van der Waals surface area contributed by atoms with E-state index < -0.39 is 0 Å². The number of nitrogens with one attached hydrogen (secondary N) is 1. The molecule has 0 spiro atoms. The highest BCUT2D eigenvalue weighted by molar-refractivity contribution is 7.99. The first kappa shape index (κ1) is 14.9. The molecule has 2 aromatic heterocycles. The molecule has 0 unspecified atom stereocenters. The molecule has 0 fully saturated rings. The van der Waals surface area contributed by atoms with Gasteiger partial charge in [-0.05, 0) is 6.26 Å². The predicted molar refractivity (Wildman–Crippen MR) is 81.3 cm³/mol. The van der Waals surface area contributed by atoms with Gasteiger partial charge in [-0.25, -0.2) is 0 Å². The molecule has 0 bridgehead atoms. The minimum atomic E-state index is -0.0734. The third-order valence-electron chi connectivity index (χ3n) is 2.67. The molecule has 0 aliphatic rings. The molecule has 0 atom stereocenters. The number of hydrogen-bond donors (Lipinski definition) is 2. The molecular formula is C12H16N4O2S2. The zero-order chi connectivity index (χ0) is 14.7. The Morgan fingerprint density at radius 3 is 2.90 bits per heavy atom. The number of Topliss-reactive ketones (excluding diaryl/α,β-unsaturated/α-hetero) is 1. The van der Waals surface area contributed by atoms with Crippen LogP contribution < -0.4 is 11.1 Å². The van der Waals surface area contributed by atoms with Crippen molar-refractivity contribution in [2.45, 2.75) is 25.3 Å². The average Bonchev–Trinajstić information content (AvgIpc) is 3.03. The van der Waals surface area contributed by atoms with E-state index in [0.717, 1.165) is 9.90 Å². The Kier molecular flexibility index (Phi) is 4.66. The number of hydrogen-bond acceptors (Lipinski definition) is 8. The fourth-order valence-corrected chi connectivity index (χ4v) is 3.74. The number of thiophene rings is 1. The number of nitrogens with two attached hydrogens (primary N) is 1. The molecule has 0 amide bonds. The van der Waals surface area contributed by atoms with Crippen molar-refractivity contribution in [3.63, 3.8) is 0 Å². The Hall–Kier alpha value is -1.54. The maximum Gasteiger partial charge on any atom is 0.213 e. The number of rotatable bonds is 6. The standard InChI is InChI=1S/C12H16N4O2S2/c1-6(2)9(17)10-8(13)11(19-3)12(20-10)14-4-7-15-5-18-16-7/h5-6,14H,4,13H2,1-3H3. The highest BCUT2D eigenvalue weighted by Gasteiger charge is 2.22. The summed E-state index contributed by atoms with van der Waals surface area (Å²) in [6.07, 6.45) is 3.21. The van der Waals surface area contributed by atoms with E-state index in [1.54, 1.807) is 0 Å². The summed E-state index contributed by atoms with van der Waals surface area (Å²) in [5, 5.41) is 7.80. The van der Waals surface area contributed by atoms with Gasteiger partial charge in [-0.2, -0.15) is 4.98 Å². The van der Waals surface area contributed by atoms with Crippen molar-refractivity contribution in [3.05, 3.63) is 17.1 Å². The largest absolute Gasteiger partial charge is 0.396 e. The molecule has 0 aliphatic carbocycles. The van der Waals surface area contributed by atoms with Gasteiger partial charge in [-0.15, -0.1) is 23.1 Å². The summed E-state index contributed by atoms with van der Waals surface area (Å²) < 4.78 is 4.68. The topological polar surface area (TPSA) is 94.0 Å². The monoisotopic (exact) mass is 312 g/mol. The molecule has 6 nitrogen and oxygen atoms in total. The van der Waals surface area contributed by atoms with Crippen molar-refractivity contribution < 1.29 is 9.32 Å². The van der Waals surface area contributed by atoms with Crippen molar-refractivity contribution in [1.29, 1.82) is 0 Å². The summed E-state index contributed by atoms with van der Waals surface area (Å²) in [4.78, 5) is 17.6. The first-order chi connectivity index (χ1) is 9.54. The number of nitrogens with zero attached hydrogens (tertiary/aromatic N) is 2. The van der Waals surface area contributed by atoms with Crippen molar-refractivity contribution in [3.8, 4) is 0 Å². The number of ketones is 1. The van der Waals surface area contributed by atoms with Gasteiger partial charge in [0.2, 0.25) is 6.39 Å². The number of anilines is 2. The minimum Gasteiger partial charge on any atom is -0.396 e. The van der Waals surface area contributed by atoms with Crippen molar-refractivity contribution in [2.24, 2.45) is 5.92 Å². The van der Waals surface area contributed by atoms with Crippen LogP contribution in [-0.4, -0.2) is 22.2 Å². The quantitative estimate of drug-likeness (QED) is 0.625. The number of nitrogen functional groups attached to an aromatic ring is 1. The van der Waals surface area contributed by atoms with E-state index in [-0.39, 0.29) is 11.7 Å². The summed E-state index contributed by atoms with van der Waals surface area (Å²) in [7, 11) is 0. The Morgan fingerprint density at radius 1 is 1.60 bits per heavy atom. The maximum atomic E-state index is 12.1. The molecule has 0 aromatic carbocycles. The molecule has 0 saturated carbocycles. The second-order valence-corrected chi connectivity index (χ2v) is 6.26. The molecule has 3 N–H and O–H groups in total. The van der Waals surface area contributed by atoms with Gasteiger partial charge in [-0.1, -0.05) is 19.0 Å². The number of aromatic nitrogens is 2. The molecule has 8 heteroatoms. The summed E-state index contributed by atoms with van der Waals surface area (Å²) in [5.41, 5.74) is 6.63. The van der Waals surface area contributed by atoms with Crippen LogP contribution in [0.5, 0.6) is 0 Å². The van der Waals surface area contributed by atoms with Crippen LogP contribution in [0.3, 0.4) is 0 Å². The SMILES string of the molecule is CSc1c(NCc2ncon2)sc(C(=O)C(C)C)c1N. The van der Waals surface area contributed by atoms with Crippen LogP contribution in [0.25, 0.3) is 0 Å². The van der Waals surface area contributed by atoms with Crippen LogP contribution in [0, 0.1) is 5.92 Å². The molecule has 2 aromatic rings. The first-order valence-corrected chi connectivity index (χ1v) is 8.08. The van der Waals surface area contributed by atoms with Crippen molar-refractivity contribution in [2.75, 3.05) is 17.3 Å².